The summed E-state index contributed by atoms with van der Waals surface area (Å²) in [6, 6.07) is 19.2. The van der Waals surface area contributed by atoms with Gasteiger partial charge in [-0.05, 0) is 48.9 Å². The van der Waals surface area contributed by atoms with Crippen molar-refractivity contribution in [3.63, 3.8) is 0 Å². The molecule has 2 aromatic heterocycles. The summed E-state index contributed by atoms with van der Waals surface area (Å²) in [5.74, 6) is 0.737. The van der Waals surface area contributed by atoms with Crippen LogP contribution in [0.2, 0.25) is 0 Å². The minimum atomic E-state index is -0.0551. The third-order valence-corrected chi connectivity index (χ3v) is 5.39. The van der Waals surface area contributed by atoms with Crippen LogP contribution in [0.15, 0.2) is 78.4 Å². The van der Waals surface area contributed by atoms with Gasteiger partial charge in [0.25, 0.3) is 0 Å². The average Bonchev–Trinajstić information content (AvgIpc) is 3.27. The number of hydrogen-bond acceptors (Lipinski definition) is 5. The van der Waals surface area contributed by atoms with Crippen molar-refractivity contribution in [2.24, 2.45) is 0 Å². The SMILES string of the molecule is CCOc1ccc(NC(=O)Cc2ccc(-c3csc(-c4ccncc4)n3)cc2)cc1. The van der Waals surface area contributed by atoms with E-state index in [1.807, 2.05) is 73.0 Å². The Kier molecular flexibility index (Phi) is 6.15. The lowest BCUT2D eigenvalue weighted by molar-refractivity contribution is -0.115. The van der Waals surface area contributed by atoms with Crippen LogP contribution in [0.5, 0.6) is 5.75 Å². The van der Waals surface area contributed by atoms with Crippen molar-refractivity contribution >= 4 is 22.9 Å². The number of nitrogens with zero attached hydrogens (tertiary/aromatic N) is 2. The maximum absolute atomic E-state index is 12.3. The number of aromatic nitrogens is 2. The van der Waals surface area contributed by atoms with Gasteiger partial charge in [-0.25, -0.2) is 4.98 Å². The Morgan fingerprint density at radius 1 is 0.967 bits per heavy atom. The van der Waals surface area contributed by atoms with Gasteiger partial charge in [-0.2, -0.15) is 0 Å². The number of benzene rings is 2. The van der Waals surface area contributed by atoms with E-state index >= 15 is 0 Å². The van der Waals surface area contributed by atoms with Crippen LogP contribution in [0, 0.1) is 0 Å². The van der Waals surface area contributed by atoms with Crippen molar-refractivity contribution in [1.82, 2.24) is 9.97 Å². The van der Waals surface area contributed by atoms with Gasteiger partial charge in [0.05, 0.1) is 18.7 Å². The number of pyridine rings is 1. The molecule has 1 N–H and O–H groups in total. The lowest BCUT2D eigenvalue weighted by atomic mass is 10.1. The van der Waals surface area contributed by atoms with Crippen LogP contribution in [0.4, 0.5) is 5.69 Å². The first-order chi connectivity index (χ1) is 14.7. The van der Waals surface area contributed by atoms with Gasteiger partial charge in [-0.1, -0.05) is 24.3 Å². The number of anilines is 1. The number of rotatable bonds is 7. The molecule has 0 aliphatic carbocycles. The summed E-state index contributed by atoms with van der Waals surface area (Å²) in [4.78, 5) is 21.1. The minimum absolute atomic E-state index is 0.0551. The fourth-order valence-corrected chi connectivity index (χ4v) is 3.85. The maximum Gasteiger partial charge on any atom is 0.228 e. The molecule has 2 heterocycles. The van der Waals surface area contributed by atoms with Gasteiger partial charge in [0, 0.05) is 34.6 Å². The molecule has 0 saturated carbocycles. The van der Waals surface area contributed by atoms with Crippen molar-refractivity contribution in [3.05, 3.63) is 84.0 Å². The predicted molar refractivity (Wildman–Crippen MR) is 121 cm³/mol. The molecule has 0 bridgehead atoms. The molecule has 5 nitrogen and oxygen atoms in total. The number of thiazole rings is 1. The quantitative estimate of drug-likeness (QED) is 0.436. The number of nitrogens with one attached hydrogen (secondary N) is 1. The van der Waals surface area contributed by atoms with E-state index in [0.29, 0.717) is 13.0 Å². The van der Waals surface area contributed by atoms with E-state index in [0.717, 1.165) is 38.8 Å². The molecule has 6 heteroatoms. The third-order valence-electron chi connectivity index (χ3n) is 4.49. The van der Waals surface area contributed by atoms with Crippen LogP contribution < -0.4 is 10.1 Å². The summed E-state index contributed by atoms with van der Waals surface area (Å²) in [6.45, 7) is 2.56. The average molecular weight is 416 g/mol. The highest BCUT2D eigenvalue weighted by molar-refractivity contribution is 7.13. The summed E-state index contributed by atoms with van der Waals surface area (Å²) >= 11 is 1.61. The largest absolute Gasteiger partial charge is 0.494 e. The second-order valence-electron chi connectivity index (χ2n) is 6.65. The van der Waals surface area contributed by atoms with E-state index in [1.165, 1.54) is 0 Å². The fraction of sp³-hybridized carbons (Fsp3) is 0.125. The van der Waals surface area contributed by atoms with Crippen LogP contribution in [-0.4, -0.2) is 22.5 Å². The molecule has 30 heavy (non-hydrogen) atoms. The molecule has 1 amide bonds. The Balaban J connectivity index is 1.38. The third kappa shape index (κ3) is 4.90. The molecule has 0 radical (unpaired) electrons. The van der Waals surface area contributed by atoms with Crippen molar-refractivity contribution in [2.75, 3.05) is 11.9 Å². The molecule has 0 saturated heterocycles. The molecule has 4 rings (SSSR count). The summed E-state index contributed by atoms with van der Waals surface area (Å²) < 4.78 is 5.42. The molecule has 0 atom stereocenters. The highest BCUT2D eigenvalue weighted by atomic mass is 32.1. The monoisotopic (exact) mass is 415 g/mol. The van der Waals surface area contributed by atoms with Gasteiger partial charge < -0.3 is 10.1 Å². The standard InChI is InChI=1S/C24H21N3O2S/c1-2-29-21-9-7-20(8-10-21)26-23(28)15-17-3-5-18(6-4-17)22-16-30-24(27-22)19-11-13-25-14-12-19/h3-14,16H,2,15H2,1H3,(H,26,28). The lowest BCUT2D eigenvalue weighted by Gasteiger charge is -2.07. The van der Waals surface area contributed by atoms with Crippen LogP contribution >= 0.6 is 11.3 Å². The van der Waals surface area contributed by atoms with Crippen molar-refractivity contribution < 1.29 is 9.53 Å². The highest BCUT2D eigenvalue weighted by Crippen LogP contribution is 2.28. The summed E-state index contributed by atoms with van der Waals surface area (Å²) in [5.41, 5.74) is 4.72. The van der Waals surface area contributed by atoms with Crippen LogP contribution in [0.1, 0.15) is 12.5 Å². The van der Waals surface area contributed by atoms with Gasteiger partial charge >= 0.3 is 0 Å². The molecule has 0 unspecified atom stereocenters. The van der Waals surface area contributed by atoms with Crippen LogP contribution in [0.25, 0.3) is 21.8 Å². The molecule has 0 aliphatic heterocycles. The van der Waals surface area contributed by atoms with Crippen molar-refractivity contribution in [2.45, 2.75) is 13.3 Å². The Morgan fingerprint density at radius 2 is 1.70 bits per heavy atom. The Labute approximate surface area is 179 Å². The van der Waals surface area contributed by atoms with Gasteiger partial charge in [0.1, 0.15) is 10.8 Å². The fourth-order valence-electron chi connectivity index (χ4n) is 3.02. The van der Waals surface area contributed by atoms with Crippen molar-refractivity contribution in [3.8, 4) is 27.6 Å². The molecule has 0 aliphatic rings. The second-order valence-corrected chi connectivity index (χ2v) is 7.51. The van der Waals surface area contributed by atoms with E-state index in [4.69, 9.17) is 9.72 Å². The first-order valence-electron chi connectivity index (χ1n) is 9.69. The van der Waals surface area contributed by atoms with E-state index in [-0.39, 0.29) is 5.91 Å². The van der Waals surface area contributed by atoms with E-state index in [2.05, 4.69) is 10.3 Å². The maximum atomic E-state index is 12.3. The van der Waals surface area contributed by atoms with E-state index < -0.39 is 0 Å². The van der Waals surface area contributed by atoms with Gasteiger partial charge in [0.2, 0.25) is 5.91 Å². The second kappa shape index (κ2) is 9.33. The molecular weight excluding hydrogens is 394 g/mol. The minimum Gasteiger partial charge on any atom is -0.494 e. The first kappa shape index (κ1) is 19.8. The summed E-state index contributed by atoms with van der Waals surface area (Å²) in [5, 5.41) is 5.93. The summed E-state index contributed by atoms with van der Waals surface area (Å²) in [6.07, 6.45) is 3.85. The molecule has 0 fully saturated rings. The normalized spacial score (nSPS) is 10.6. The molecule has 2 aromatic carbocycles. The topological polar surface area (TPSA) is 64.1 Å². The van der Waals surface area contributed by atoms with E-state index in [1.54, 1.807) is 23.7 Å². The van der Waals surface area contributed by atoms with Gasteiger partial charge in [0.15, 0.2) is 0 Å². The Hall–Kier alpha value is -3.51. The number of hydrogen-bond donors (Lipinski definition) is 1. The highest BCUT2D eigenvalue weighted by Gasteiger charge is 2.08. The number of carbonyl (C=O) groups is 1. The van der Waals surface area contributed by atoms with E-state index in [9.17, 15) is 4.79 Å². The zero-order valence-electron chi connectivity index (χ0n) is 16.5. The zero-order valence-corrected chi connectivity index (χ0v) is 17.4. The lowest BCUT2D eigenvalue weighted by Crippen LogP contribution is -2.14. The number of ether oxygens (including phenoxy) is 1. The zero-order chi connectivity index (χ0) is 20.8. The Bertz CT molecular complexity index is 1110. The predicted octanol–water partition coefficient (Wildman–Crippen LogP) is 5.45. The number of amides is 1. The Morgan fingerprint density at radius 3 is 2.40 bits per heavy atom. The van der Waals surface area contributed by atoms with Gasteiger partial charge in [-0.15, -0.1) is 11.3 Å². The molecular formula is C24H21N3O2S. The van der Waals surface area contributed by atoms with Crippen molar-refractivity contribution in [1.29, 1.82) is 0 Å². The molecule has 150 valence electrons. The number of carbonyl (C=O) groups excluding carboxylic acids is 1. The van der Waals surface area contributed by atoms with Gasteiger partial charge in [-0.3, -0.25) is 9.78 Å². The molecule has 4 aromatic rings. The summed E-state index contributed by atoms with van der Waals surface area (Å²) in [7, 11) is 0. The molecule has 0 spiro atoms. The first-order valence-corrected chi connectivity index (χ1v) is 10.6. The smallest absolute Gasteiger partial charge is 0.228 e. The van der Waals surface area contributed by atoms with Crippen LogP contribution in [-0.2, 0) is 11.2 Å². The van der Waals surface area contributed by atoms with Crippen LogP contribution in [0.3, 0.4) is 0 Å².